The maximum absolute atomic E-state index is 13.3. The number of nitrogens with zero attached hydrogens (tertiary/aromatic N) is 3. The molecular weight excluding hydrogens is 319 g/mol. The minimum Gasteiger partial charge on any atom is -0.368 e. The first-order valence-electron chi connectivity index (χ1n) is 8.82. The lowest BCUT2D eigenvalue weighted by atomic mass is 9.84. The van der Waals surface area contributed by atoms with Crippen molar-refractivity contribution in [2.45, 2.75) is 38.1 Å². The second-order valence-corrected chi connectivity index (χ2v) is 6.85. The zero-order valence-electron chi connectivity index (χ0n) is 14.0. The average molecular weight is 340 g/mol. The van der Waals surface area contributed by atoms with Crippen LogP contribution in [-0.4, -0.2) is 27.3 Å². The summed E-state index contributed by atoms with van der Waals surface area (Å²) in [6.45, 7) is 0.757. The van der Waals surface area contributed by atoms with E-state index < -0.39 is 0 Å². The van der Waals surface area contributed by atoms with Crippen molar-refractivity contribution in [1.29, 1.82) is 0 Å². The van der Waals surface area contributed by atoms with Gasteiger partial charge in [0, 0.05) is 24.2 Å². The maximum atomic E-state index is 13.3. The van der Waals surface area contributed by atoms with Crippen molar-refractivity contribution >= 4 is 11.9 Å². The third-order valence-electron chi connectivity index (χ3n) is 5.30. The molecule has 130 valence electrons. The Morgan fingerprint density at radius 2 is 1.92 bits per heavy atom. The van der Waals surface area contributed by atoms with E-state index in [1.165, 1.54) is 12.1 Å². The third kappa shape index (κ3) is 2.97. The summed E-state index contributed by atoms with van der Waals surface area (Å²) in [5.41, 5.74) is 8.24. The van der Waals surface area contributed by atoms with Gasteiger partial charge in [-0.25, -0.2) is 14.4 Å². The topological polar surface area (TPSA) is 72.1 Å². The van der Waals surface area contributed by atoms with Crippen molar-refractivity contribution in [1.82, 2.24) is 14.9 Å². The highest BCUT2D eigenvalue weighted by atomic mass is 19.1. The zero-order chi connectivity index (χ0) is 17.4. The van der Waals surface area contributed by atoms with Crippen LogP contribution in [0.4, 0.5) is 10.3 Å². The molecule has 2 aromatic rings. The standard InChI is InChI=1S/C19H21FN4O/c20-14-8-6-12(7-9-14)15-11-22-19(21)23-17(15)16-5-2-10-24(16)18(25)13-3-1-4-13/h6-9,11,13,16H,1-5,10H2,(H2,21,22,23)/t16-/m0/s1. The summed E-state index contributed by atoms with van der Waals surface area (Å²) in [5.74, 6) is 0.304. The molecule has 1 amide bonds. The van der Waals surface area contributed by atoms with Crippen LogP contribution < -0.4 is 5.73 Å². The molecule has 1 aliphatic carbocycles. The highest BCUT2D eigenvalue weighted by Gasteiger charge is 2.37. The second kappa shape index (κ2) is 6.43. The smallest absolute Gasteiger partial charge is 0.226 e. The van der Waals surface area contributed by atoms with Crippen molar-refractivity contribution in [3.63, 3.8) is 0 Å². The third-order valence-corrected chi connectivity index (χ3v) is 5.30. The molecule has 1 saturated carbocycles. The van der Waals surface area contributed by atoms with E-state index in [4.69, 9.17) is 5.73 Å². The van der Waals surface area contributed by atoms with Crippen LogP contribution in [0.15, 0.2) is 30.5 Å². The summed E-state index contributed by atoms with van der Waals surface area (Å²) < 4.78 is 13.3. The zero-order valence-corrected chi connectivity index (χ0v) is 14.0. The molecule has 2 fully saturated rings. The van der Waals surface area contributed by atoms with Gasteiger partial charge in [-0.1, -0.05) is 18.6 Å². The molecule has 2 N–H and O–H groups in total. The monoisotopic (exact) mass is 340 g/mol. The van der Waals surface area contributed by atoms with Gasteiger partial charge in [-0.15, -0.1) is 0 Å². The average Bonchev–Trinajstić information content (AvgIpc) is 3.03. The predicted molar refractivity (Wildman–Crippen MR) is 92.9 cm³/mol. The van der Waals surface area contributed by atoms with Gasteiger partial charge in [-0.2, -0.15) is 0 Å². The predicted octanol–water partition coefficient (Wildman–Crippen LogP) is 3.33. The van der Waals surface area contributed by atoms with Crippen LogP contribution in [0.2, 0.25) is 0 Å². The van der Waals surface area contributed by atoms with Gasteiger partial charge in [-0.05, 0) is 43.4 Å². The van der Waals surface area contributed by atoms with Gasteiger partial charge in [0.1, 0.15) is 5.82 Å². The normalized spacial score (nSPS) is 20.5. The molecule has 4 rings (SSSR count). The van der Waals surface area contributed by atoms with E-state index in [1.54, 1.807) is 18.3 Å². The Kier molecular flexibility index (Phi) is 4.11. The molecule has 1 atom stereocenters. The summed E-state index contributed by atoms with van der Waals surface area (Å²) in [6.07, 6.45) is 6.60. The fourth-order valence-electron chi connectivity index (χ4n) is 3.72. The summed E-state index contributed by atoms with van der Waals surface area (Å²) in [7, 11) is 0. The number of anilines is 1. The van der Waals surface area contributed by atoms with Crippen molar-refractivity contribution in [3.8, 4) is 11.1 Å². The van der Waals surface area contributed by atoms with Crippen LogP contribution >= 0.6 is 0 Å². The molecule has 1 aliphatic heterocycles. The van der Waals surface area contributed by atoms with E-state index in [-0.39, 0.29) is 29.6 Å². The quantitative estimate of drug-likeness (QED) is 0.930. The van der Waals surface area contributed by atoms with Gasteiger partial charge in [0.15, 0.2) is 0 Å². The number of halogens is 1. The molecule has 6 heteroatoms. The SMILES string of the molecule is Nc1ncc(-c2ccc(F)cc2)c([C@@H]2CCCN2C(=O)C2CCC2)n1. The molecule has 0 unspecified atom stereocenters. The summed E-state index contributed by atoms with van der Waals surface area (Å²) in [5, 5.41) is 0. The molecule has 5 nitrogen and oxygen atoms in total. The number of likely N-dealkylation sites (tertiary alicyclic amines) is 1. The van der Waals surface area contributed by atoms with Crippen LogP contribution in [0.1, 0.15) is 43.8 Å². The Balaban J connectivity index is 1.72. The first kappa shape index (κ1) is 16.0. The van der Waals surface area contributed by atoms with Gasteiger partial charge in [0.05, 0.1) is 11.7 Å². The van der Waals surface area contributed by atoms with Crippen LogP contribution in [-0.2, 0) is 4.79 Å². The molecule has 0 spiro atoms. The Morgan fingerprint density at radius 3 is 2.60 bits per heavy atom. The number of nitrogens with two attached hydrogens (primary N) is 1. The minimum atomic E-state index is -0.288. The number of rotatable bonds is 3. The van der Waals surface area contributed by atoms with Crippen molar-refractivity contribution in [3.05, 3.63) is 42.0 Å². The number of hydrogen-bond donors (Lipinski definition) is 1. The Bertz CT molecular complexity index is 789. The van der Waals surface area contributed by atoms with Gasteiger partial charge in [0.2, 0.25) is 11.9 Å². The lowest BCUT2D eigenvalue weighted by Gasteiger charge is -2.33. The van der Waals surface area contributed by atoms with Gasteiger partial charge >= 0.3 is 0 Å². The molecule has 1 saturated heterocycles. The summed E-state index contributed by atoms with van der Waals surface area (Å²) >= 11 is 0. The first-order chi connectivity index (χ1) is 12.1. The second-order valence-electron chi connectivity index (χ2n) is 6.85. The Labute approximate surface area is 146 Å². The van der Waals surface area contributed by atoms with Gasteiger partial charge in [0.25, 0.3) is 0 Å². The number of hydrogen-bond acceptors (Lipinski definition) is 4. The van der Waals surface area contributed by atoms with E-state index in [9.17, 15) is 9.18 Å². The van der Waals surface area contributed by atoms with Gasteiger partial charge < -0.3 is 10.6 Å². The highest BCUT2D eigenvalue weighted by molar-refractivity contribution is 5.81. The summed E-state index contributed by atoms with van der Waals surface area (Å²) in [6, 6.07) is 6.17. The highest BCUT2D eigenvalue weighted by Crippen LogP contribution is 2.39. The van der Waals surface area contributed by atoms with Crippen LogP contribution in [0.25, 0.3) is 11.1 Å². The molecule has 0 radical (unpaired) electrons. The summed E-state index contributed by atoms with van der Waals surface area (Å²) in [4.78, 5) is 23.3. The maximum Gasteiger partial charge on any atom is 0.226 e. The van der Waals surface area contributed by atoms with E-state index >= 15 is 0 Å². The number of carbonyl (C=O) groups is 1. The minimum absolute atomic E-state index is 0.0848. The number of amides is 1. The lowest BCUT2D eigenvalue weighted by Crippen LogP contribution is -2.38. The van der Waals surface area contributed by atoms with Crippen molar-refractivity contribution in [2.24, 2.45) is 5.92 Å². The molecule has 1 aromatic heterocycles. The number of carbonyl (C=O) groups excluding carboxylic acids is 1. The van der Waals surface area contributed by atoms with Crippen LogP contribution in [0.5, 0.6) is 0 Å². The largest absolute Gasteiger partial charge is 0.368 e. The van der Waals surface area contributed by atoms with Crippen molar-refractivity contribution in [2.75, 3.05) is 12.3 Å². The lowest BCUT2D eigenvalue weighted by molar-refractivity contribution is -0.139. The molecule has 0 bridgehead atoms. The fourth-order valence-corrected chi connectivity index (χ4v) is 3.72. The van der Waals surface area contributed by atoms with E-state index in [2.05, 4.69) is 9.97 Å². The molecule has 25 heavy (non-hydrogen) atoms. The van der Waals surface area contributed by atoms with E-state index in [0.717, 1.165) is 55.5 Å². The number of nitrogen functional groups attached to an aromatic ring is 1. The Hall–Kier alpha value is -2.50. The number of benzene rings is 1. The molecule has 1 aromatic carbocycles. The fraction of sp³-hybridized carbons (Fsp3) is 0.421. The first-order valence-corrected chi connectivity index (χ1v) is 8.82. The van der Waals surface area contributed by atoms with Crippen LogP contribution in [0.3, 0.4) is 0 Å². The molecular formula is C19H21FN4O. The van der Waals surface area contributed by atoms with Crippen LogP contribution in [0, 0.1) is 11.7 Å². The molecule has 2 aliphatic rings. The molecule has 2 heterocycles. The Morgan fingerprint density at radius 1 is 1.16 bits per heavy atom. The van der Waals surface area contributed by atoms with Crippen molar-refractivity contribution < 1.29 is 9.18 Å². The van der Waals surface area contributed by atoms with Gasteiger partial charge in [-0.3, -0.25) is 4.79 Å². The number of aromatic nitrogens is 2. The van der Waals surface area contributed by atoms with E-state index in [0.29, 0.717) is 0 Å². The van der Waals surface area contributed by atoms with E-state index in [1.807, 2.05) is 4.90 Å².